The molecule has 0 amide bonds. The normalized spacial score (nSPS) is 12.3. The number of aliphatic hydroxyl groups excluding tert-OH is 1. The number of aromatic nitrogens is 1. The second kappa shape index (κ2) is 6.95. The molecule has 1 aromatic rings. The summed E-state index contributed by atoms with van der Waals surface area (Å²) in [6, 6.07) is 2.98. The van der Waals surface area contributed by atoms with Crippen molar-refractivity contribution in [2.75, 3.05) is 34.2 Å². The van der Waals surface area contributed by atoms with Crippen LogP contribution >= 0.6 is 0 Å². The van der Waals surface area contributed by atoms with Crippen LogP contribution in [0.2, 0.25) is 0 Å². The summed E-state index contributed by atoms with van der Waals surface area (Å²) in [6.45, 7) is 1.13. The molecule has 0 saturated heterocycles. The highest BCUT2D eigenvalue weighted by Crippen LogP contribution is 2.12. The van der Waals surface area contributed by atoms with Gasteiger partial charge in [0.2, 0.25) is 0 Å². The number of aliphatic hydroxyl groups is 1. The zero-order chi connectivity index (χ0) is 14.5. The van der Waals surface area contributed by atoms with Crippen LogP contribution in [0.25, 0.3) is 0 Å². The first-order chi connectivity index (χ1) is 8.87. The van der Waals surface area contributed by atoms with Gasteiger partial charge >= 0.3 is 0 Å². The van der Waals surface area contributed by atoms with E-state index in [1.807, 2.05) is 19.0 Å². The van der Waals surface area contributed by atoms with Crippen molar-refractivity contribution in [3.8, 4) is 0 Å². The number of nitrogens with zero attached hydrogens (tertiary/aromatic N) is 3. The first kappa shape index (κ1) is 16.0. The van der Waals surface area contributed by atoms with Gasteiger partial charge in [-0.25, -0.2) is 13.4 Å². The third kappa shape index (κ3) is 4.54. The highest BCUT2D eigenvalue weighted by Gasteiger charge is 2.21. The van der Waals surface area contributed by atoms with Gasteiger partial charge in [-0.3, -0.25) is 0 Å². The predicted octanol–water partition coefficient (Wildman–Crippen LogP) is 0.146. The van der Waals surface area contributed by atoms with E-state index < -0.39 is 10.0 Å². The zero-order valence-corrected chi connectivity index (χ0v) is 12.4. The van der Waals surface area contributed by atoms with Crippen LogP contribution in [0.1, 0.15) is 12.0 Å². The second-order valence-corrected chi connectivity index (χ2v) is 6.64. The van der Waals surface area contributed by atoms with Crippen LogP contribution in [-0.2, 0) is 16.6 Å². The maximum atomic E-state index is 12.2. The van der Waals surface area contributed by atoms with E-state index >= 15 is 0 Å². The number of hydrogen-bond donors (Lipinski definition) is 1. The Bertz CT molecular complexity index is 485. The van der Waals surface area contributed by atoms with Crippen molar-refractivity contribution in [2.24, 2.45) is 0 Å². The number of hydrogen-bond acceptors (Lipinski definition) is 5. The molecule has 1 rings (SSSR count). The van der Waals surface area contributed by atoms with E-state index in [1.54, 1.807) is 13.1 Å². The Morgan fingerprint density at radius 3 is 2.37 bits per heavy atom. The van der Waals surface area contributed by atoms with E-state index in [2.05, 4.69) is 4.98 Å². The largest absolute Gasteiger partial charge is 0.392 e. The molecular formula is C12H21N3O3S. The maximum absolute atomic E-state index is 12.2. The molecule has 0 aliphatic rings. The minimum absolute atomic E-state index is 0.0112. The summed E-state index contributed by atoms with van der Waals surface area (Å²) in [4.78, 5) is 5.89. The Morgan fingerprint density at radius 2 is 1.89 bits per heavy atom. The molecule has 0 spiro atoms. The van der Waals surface area contributed by atoms with Crippen LogP contribution in [0, 0.1) is 0 Å². The molecule has 0 saturated carbocycles. The SMILES string of the molecule is CN(C)CCCN(C)S(=O)(=O)c1ccc(CO)cn1. The minimum Gasteiger partial charge on any atom is -0.392 e. The third-order valence-corrected chi connectivity index (χ3v) is 4.51. The molecule has 0 atom stereocenters. The standard InChI is InChI=1S/C12H21N3O3S/c1-14(2)7-4-8-15(3)19(17,18)12-6-5-11(10-16)9-13-12/h5-6,9,16H,4,7-8,10H2,1-3H3. The van der Waals surface area contributed by atoms with Crippen molar-refractivity contribution >= 4 is 10.0 Å². The molecule has 1 aromatic heterocycles. The summed E-state index contributed by atoms with van der Waals surface area (Å²) in [6.07, 6.45) is 2.14. The van der Waals surface area contributed by atoms with E-state index in [4.69, 9.17) is 5.11 Å². The molecule has 0 bridgehead atoms. The van der Waals surface area contributed by atoms with Crippen molar-refractivity contribution < 1.29 is 13.5 Å². The van der Waals surface area contributed by atoms with Crippen LogP contribution in [0.5, 0.6) is 0 Å². The first-order valence-electron chi connectivity index (χ1n) is 6.05. The van der Waals surface area contributed by atoms with Gasteiger partial charge in [-0.15, -0.1) is 0 Å². The summed E-state index contributed by atoms with van der Waals surface area (Å²) in [7, 11) is 1.90. The van der Waals surface area contributed by atoms with Gasteiger partial charge in [-0.05, 0) is 38.7 Å². The lowest BCUT2D eigenvalue weighted by atomic mass is 10.3. The smallest absolute Gasteiger partial charge is 0.260 e. The number of pyridine rings is 1. The van der Waals surface area contributed by atoms with Gasteiger partial charge in [0.15, 0.2) is 5.03 Å². The van der Waals surface area contributed by atoms with Crippen molar-refractivity contribution in [3.63, 3.8) is 0 Å². The quantitative estimate of drug-likeness (QED) is 0.772. The molecule has 0 fully saturated rings. The molecule has 19 heavy (non-hydrogen) atoms. The van der Waals surface area contributed by atoms with E-state index in [9.17, 15) is 8.42 Å². The monoisotopic (exact) mass is 287 g/mol. The Kier molecular flexibility index (Phi) is 5.86. The van der Waals surface area contributed by atoms with Gasteiger partial charge in [0.05, 0.1) is 6.61 Å². The van der Waals surface area contributed by atoms with E-state index in [1.165, 1.54) is 16.6 Å². The van der Waals surface area contributed by atoms with Crippen LogP contribution < -0.4 is 0 Å². The van der Waals surface area contributed by atoms with Crippen LogP contribution in [0.15, 0.2) is 23.4 Å². The lowest BCUT2D eigenvalue weighted by molar-refractivity contribution is 0.281. The topological polar surface area (TPSA) is 73.7 Å². The van der Waals surface area contributed by atoms with E-state index in [0.717, 1.165) is 13.0 Å². The molecule has 1 N–H and O–H groups in total. The third-order valence-electron chi connectivity index (χ3n) is 2.73. The van der Waals surface area contributed by atoms with Gasteiger partial charge in [-0.1, -0.05) is 6.07 Å². The Morgan fingerprint density at radius 1 is 1.21 bits per heavy atom. The zero-order valence-electron chi connectivity index (χ0n) is 11.6. The van der Waals surface area contributed by atoms with Gasteiger partial charge < -0.3 is 10.0 Å². The average molecular weight is 287 g/mol. The fourth-order valence-corrected chi connectivity index (χ4v) is 2.66. The molecule has 108 valence electrons. The number of sulfonamides is 1. The molecule has 0 aliphatic carbocycles. The lowest BCUT2D eigenvalue weighted by Gasteiger charge is -2.17. The lowest BCUT2D eigenvalue weighted by Crippen LogP contribution is -2.30. The first-order valence-corrected chi connectivity index (χ1v) is 7.49. The van der Waals surface area contributed by atoms with Crippen molar-refractivity contribution in [1.82, 2.24) is 14.2 Å². The highest BCUT2D eigenvalue weighted by atomic mass is 32.2. The fraction of sp³-hybridized carbons (Fsp3) is 0.583. The molecule has 0 unspecified atom stereocenters. The van der Waals surface area contributed by atoms with Gasteiger partial charge in [0, 0.05) is 19.8 Å². The summed E-state index contributed by atoms with van der Waals surface area (Å²) in [5.41, 5.74) is 0.592. The molecular weight excluding hydrogens is 266 g/mol. The number of rotatable bonds is 7. The molecule has 1 heterocycles. The average Bonchev–Trinajstić information content (AvgIpc) is 2.38. The highest BCUT2D eigenvalue weighted by molar-refractivity contribution is 7.89. The predicted molar refractivity (Wildman–Crippen MR) is 73.1 cm³/mol. The van der Waals surface area contributed by atoms with Gasteiger partial charge in [0.1, 0.15) is 0 Å². The summed E-state index contributed by atoms with van der Waals surface area (Å²) < 4.78 is 25.7. The summed E-state index contributed by atoms with van der Waals surface area (Å²) >= 11 is 0. The van der Waals surface area contributed by atoms with Gasteiger partial charge in [-0.2, -0.15) is 4.31 Å². The Labute approximate surface area is 114 Å². The Balaban J connectivity index is 2.72. The van der Waals surface area contributed by atoms with E-state index in [0.29, 0.717) is 12.1 Å². The van der Waals surface area contributed by atoms with E-state index in [-0.39, 0.29) is 11.6 Å². The van der Waals surface area contributed by atoms with Gasteiger partial charge in [0.25, 0.3) is 10.0 Å². The molecule has 6 nitrogen and oxygen atoms in total. The van der Waals surface area contributed by atoms with Crippen LogP contribution in [0.4, 0.5) is 0 Å². The van der Waals surface area contributed by atoms with Crippen LogP contribution in [0.3, 0.4) is 0 Å². The summed E-state index contributed by atoms with van der Waals surface area (Å²) in [5.74, 6) is 0. The molecule has 0 radical (unpaired) electrons. The molecule has 0 aliphatic heterocycles. The summed E-state index contributed by atoms with van der Waals surface area (Å²) in [5, 5.41) is 8.92. The Hall–Kier alpha value is -1.02. The second-order valence-electron chi connectivity index (χ2n) is 4.65. The maximum Gasteiger partial charge on any atom is 0.260 e. The minimum atomic E-state index is -3.54. The molecule has 0 aromatic carbocycles. The molecule has 7 heteroatoms. The fourth-order valence-electron chi connectivity index (χ4n) is 1.55. The van der Waals surface area contributed by atoms with Crippen LogP contribution in [-0.4, -0.2) is 61.9 Å². The van der Waals surface area contributed by atoms with Crippen molar-refractivity contribution in [1.29, 1.82) is 0 Å². The van der Waals surface area contributed by atoms with Crippen molar-refractivity contribution in [3.05, 3.63) is 23.9 Å². The van der Waals surface area contributed by atoms with Crippen molar-refractivity contribution in [2.45, 2.75) is 18.1 Å².